The largest absolute Gasteiger partial charge is 0.496 e. The lowest BCUT2D eigenvalue weighted by atomic mass is 10.1. The molecule has 0 aliphatic heterocycles. The molecule has 0 bridgehead atoms. The number of sulfonamides is 1. The van der Waals surface area contributed by atoms with Gasteiger partial charge >= 0.3 is 0 Å². The van der Waals surface area contributed by atoms with E-state index in [0.29, 0.717) is 32.4 Å². The van der Waals surface area contributed by atoms with E-state index in [9.17, 15) is 18.0 Å². The molecule has 1 atom stereocenters. The fourth-order valence-corrected chi connectivity index (χ4v) is 6.89. The van der Waals surface area contributed by atoms with Crippen molar-refractivity contribution in [1.29, 1.82) is 0 Å². The van der Waals surface area contributed by atoms with Gasteiger partial charge in [0.1, 0.15) is 18.3 Å². The first-order valence-electron chi connectivity index (χ1n) is 12.9. The van der Waals surface area contributed by atoms with Crippen LogP contribution in [0.15, 0.2) is 70.0 Å². The molecule has 0 heterocycles. The highest BCUT2D eigenvalue weighted by molar-refractivity contribution is 9.10. The Bertz CT molecular complexity index is 1480. The predicted molar refractivity (Wildman–Crippen MR) is 166 cm³/mol. The van der Waals surface area contributed by atoms with Crippen molar-refractivity contribution >= 4 is 66.7 Å². The second-order valence-corrected chi connectivity index (χ2v) is 12.7. The zero-order valence-electron chi connectivity index (χ0n) is 23.2. The molecule has 3 aromatic rings. The maximum atomic E-state index is 14.1. The monoisotopic (exact) mass is 683 g/mol. The van der Waals surface area contributed by atoms with Gasteiger partial charge in [-0.05, 0) is 78.7 Å². The smallest absolute Gasteiger partial charge is 0.264 e. The molecule has 0 fully saturated rings. The molecular weight excluding hydrogens is 653 g/mol. The van der Waals surface area contributed by atoms with Crippen molar-refractivity contribution in [3.63, 3.8) is 0 Å². The summed E-state index contributed by atoms with van der Waals surface area (Å²) in [6.07, 6.45) is 0.280. The number of halogens is 3. The lowest BCUT2D eigenvalue weighted by molar-refractivity contribution is -0.140. The van der Waals surface area contributed by atoms with Gasteiger partial charge in [-0.2, -0.15) is 0 Å². The summed E-state index contributed by atoms with van der Waals surface area (Å²) in [7, 11) is -2.77. The number of carbonyl (C=O) groups is 2. The van der Waals surface area contributed by atoms with Gasteiger partial charge < -0.3 is 15.0 Å². The number of amides is 2. The van der Waals surface area contributed by atoms with Crippen LogP contribution in [0.3, 0.4) is 0 Å². The normalized spacial score (nSPS) is 12.0. The summed E-state index contributed by atoms with van der Waals surface area (Å²) in [4.78, 5) is 28.5. The lowest BCUT2D eigenvalue weighted by Crippen LogP contribution is -2.52. The summed E-state index contributed by atoms with van der Waals surface area (Å²) >= 11 is 16.2. The molecule has 1 N–H and O–H groups in total. The van der Waals surface area contributed by atoms with Gasteiger partial charge in [0.15, 0.2) is 0 Å². The molecule has 41 heavy (non-hydrogen) atoms. The Morgan fingerprint density at radius 3 is 2.20 bits per heavy atom. The second-order valence-electron chi connectivity index (χ2n) is 9.18. The summed E-state index contributed by atoms with van der Waals surface area (Å²) in [5.41, 5.74) is 1.66. The van der Waals surface area contributed by atoms with E-state index in [-0.39, 0.29) is 29.5 Å². The van der Waals surface area contributed by atoms with Crippen LogP contribution in [0, 0.1) is 6.92 Å². The highest BCUT2D eigenvalue weighted by Gasteiger charge is 2.34. The Balaban J connectivity index is 2.12. The van der Waals surface area contributed by atoms with Crippen LogP contribution in [0.4, 0.5) is 5.69 Å². The SMILES string of the molecule is CCNC(=O)[C@@H](CC)N(Cc1c(Cl)cccc1Cl)C(=O)CN(c1ccc(C)cc1)S(=O)(=O)c1ccc(OC)c(Br)c1. The average Bonchev–Trinajstić information content (AvgIpc) is 2.93. The minimum atomic E-state index is -4.25. The number of likely N-dealkylation sites (N-methyl/N-ethyl adjacent to an activating group) is 1. The third-order valence-electron chi connectivity index (χ3n) is 6.44. The van der Waals surface area contributed by atoms with E-state index < -0.39 is 28.5 Å². The molecule has 3 aromatic carbocycles. The van der Waals surface area contributed by atoms with Crippen LogP contribution in [0.2, 0.25) is 10.0 Å². The van der Waals surface area contributed by atoms with E-state index in [1.807, 2.05) is 6.92 Å². The van der Waals surface area contributed by atoms with E-state index in [2.05, 4.69) is 21.2 Å². The van der Waals surface area contributed by atoms with Gasteiger partial charge in [-0.1, -0.05) is 53.9 Å². The highest BCUT2D eigenvalue weighted by Crippen LogP contribution is 2.32. The first-order chi connectivity index (χ1) is 19.4. The summed E-state index contributed by atoms with van der Waals surface area (Å²) in [5, 5.41) is 3.42. The number of hydrogen-bond donors (Lipinski definition) is 1. The maximum Gasteiger partial charge on any atom is 0.264 e. The van der Waals surface area contributed by atoms with Crippen molar-refractivity contribution in [2.45, 2.75) is 44.7 Å². The number of carbonyl (C=O) groups excluding carboxylic acids is 2. The lowest BCUT2D eigenvalue weighted by Gasteiger charge is -2.33. The van der Waals surface area contributed by atoms with Crippen molar-refractivity contribution in [3.05, 3.63) is 86.3 Å². The van der Waals surface area contributed by atoms with E-state index in [1.54, 1.807) is 56.3 Å². The number of nitrogens with zero attached hydrogens (tertiary/aromatic N) is 2. The minimum absolute atomic E-state index is 0.0463. The quantitative estimate of drug-likeness (QED) is 0.245. The first-order valence-corrected chi connectivity index (χ1v) is 15.9. The molecule has 0 aromatic heterocycles. The maximum absolute atomic E-state index is 14.1. The third-order valence-corrected chi connectivity index (χ3v) is 9.54. The van der Waals surface area contributed by atoms with Crippen LogP contribution >= 0.6 is 39.1 Å². The van der Waals surface area contributed by atoms with Crippen molar-refractivity contribution in [3.8, 4) is 5.75 Å². The highest BCUT2D eigenvalue weighted by atomic mass is 79.9. The zero-order chi connectivity index (χ0) is 30.3. The Kier molecular flexibility index (Phi) is 11.5. The van der Waals surface area contributed by atoms with E-state index in [1.165, 1.54) is 30.2 Å². The van der Waals surface area contributed by atoms with Gasteiger partial charge in [0, 0.05) is 28.7 Å². The molecule has 0 unspecified atom stereocenters. The second kappa shape index (κ2) is 14.4. The predicted octanol–water partition coefficient (Wildman–Crippen LogP) is 6.21. The van der Waals surface area contributed by atoms with E-state index >= 15 is 0 Å². The number of ether oxygens (including phenoxy) is 1. The Hall–Kier alpha value is -2.79. The van der Waals surface area contributed by atoms with Crippen LogP contribution in [-0.4, -0.2) is 51.4 Å². The molecule has 2 amide bonds. The molecule has 220 valence electrons. The number of aryl methyl sites for hydroxylation is 1. The molecule has 12 heteroatoms. The number of hydrogen-bond acceptors (Lipinski definition) is 5. The minimum Gasteiger partial charge on any atom is -0.496 e. The van der Waals surface area contributed by atoms with Crippen LogP contribution in [0.25, 0.3) is 0 Å². The summed E-state index contributed by atoms with van der Waals surface area (Å²) in [6.45, 7) is 5.12. The van der Waals surface area contributed by atoms with Crippen LogP contribution < -0.4 is 14.4 Å². The molecule has 0 spiro atoms. The molecule has 0 aliphatic rings. The van der Waals surface area contributed by atoms with Crippen molar-refractivity contribution < 1.29 is 22.7 Å². The molecule has 0 saturated carbocycles. The Labute approximate surface area is 259 Å². The fraction of sp³-hybridized carbons (Fsp3) is 0.310. The summed E-state index contributed by atoms with van der Waals surface area (Å²) in [6, 6.07) is 15.2. The molecule has 3 rings (SSSR count). The number of benzene rings is 3. The number of anilines is 1. The molecule has 8 nitrogen and oxygen atoms in total. The van der Waals surface area contributed by atoms with Crippen molar-refractivity contribution in [1.82, 2.24) is 10.2 Å². The Morgan fingerprint density at radius 2 is 1.66 bits per heavy atom. The Morgan fingerprint density at radius 1 is 1.02 bits per heavy atom. The number of nitrogens with one attached hydrogen (secondary N) is 1. The van der Waals surface area contributed by atoms with E-state index in [4.69, 9.17) is 27.9 Å². The first kappa shape index (κ1) is 32.7. The average molecular weight is 685 g/mol. The van der Waals surface area contributed by atoms with Crippen LogP contribution in [0.5, 0.6) is 5.75 Å². The van der Waals surface area contributed by atoms with Gasteiger partial charge in [-0.3, -0.25) is 13.9 Å². The summed E-state index contributed by atoms with van der Waals surface area (Å²) < 4.78 is 34.8. The number of methoxy groups -OCH3 is 1. The van der Waals surface area contributed by atoms with Gasteiger partial charge in [-0.25, -0.2) is 8.42 Å². The fourth-order valence-electron chi connectivity index (χ4n) is 4.24. The standard InChI is InChI=1S/C29H32BrCl2N3O5S/c1-5-26(29(37)33-6-2)34(17-22-24(31)8-7-9-25(22)32)28(36)18-35(20-12-10-19(3)11-13-20)41(38,39)21-14-15-27(40-4)23(30)16-21/h7-16,26H,5-6,17-18H2,1-4H3,(H,33,37)/t26-/m1/s1. The number of rotatable bonds is 12. The topological polar surface area (TPSA) is 96.0 Å². The molecule has 0 aliphatic carbocycles. The third kappa shape index (κ3) is 7.74. The van der Waals surface area contributed by atoms with Gasteiger partial charge in [0.2, 0.25) is 11.8 Å². The van der Waals surface area contributed by atoms with Crippen LogP contribution in [-0.2, 0) is 26.2 Å². The van der Waals surface area contributed by atoms with Gasteiger partial charge in [0.05, 0.1) is 22.2 Å². The van der Waals surface area contributed by atoms with Crippen LogP contribution in [0.1, 0.15) is 31.4 Å². The zero-order valence-corrected chi connectivity index (χ0v) is 27.1. The van der Waals surface area contributed by atoms with Gasteiger partial charge in [-0.15, -0.1) is 0 Å². The van der Waals surface area contributed by atoms with E-state index in [0.717, 1.165) is 9.87 Å². The molecule has 0 saturated heterocycles. The van der Waals surface area contributed by atoms with Crippen molar-refractivity contribution in [2.24, 2.45) is 0 Å². The van der Waals surface area contributed by atoms with Gasteiger partial charge in [0.25, 0.3) is 10.0 Å². The molecule has 0 radical (unpaired) electrons. The summed E-state index contributed by atoms with van der Waals surface area (Å²) in [5.74, 6) is -0.511. The molecular formula is C29H32BrCl2N3O5S. The van der Waals surface area contributed by atoms with Crippen molar-refractivity contribution in [2.75, 3.05) is 24.5 Å².